The molecule has 0 aliphatic carbocycles. The summed E-state index contributed by atoms with van der Waals surface area (Å²) in [6.45, 7) is 7.22. The van der Waals surface area contributed by atoms with E-state index in [1.54, 1.807) is 0 Å². The minimum atomic E-state index is 0.0532. The molecule has 4 heteroatoms. The van der Waals surface area contributed by atoms with Gasteiger partial charge in [0.05, 0.1) is 0 Å². The molecule has 1 aromatic rings. The maximum atomic E-state index is 12.7. The minimum Gasteiger partial charge on any atom is -0.296 e. The van der Waals surface area contributed by atoms with E-state index in [1.807, 2.05) is 11.5 Å². The Morgan fingerprint density at radius 2 is 2.20 bits per heavy atom. The third kappa shape index (κ3) is 2.78. The van der Waals surface area contributed by atoms with E-state index >= 15 is 0 Å². The molecule has 2 heterocycles. The predicted molar refractivity (Wildman–Crippen MR) is 83.8 cm³/mol. The van der Waals surface area contributed by atoms with Crippen molar-refractivity contribution in [3.63, 3.8) is 0 Å². The monoisotopic (exact) mass is 296 g/mol. The quantitative estimate of drug-likeness (QED) is 0.779. The van der Waals surface area contributed by atoms with Crippen LogP contribution in [0.2, 0.25) is 0 Å². The van der Waals surface area contributed by atoms with Crippen LogP contribution in [0.3, 0.4) is 0 Å². The summed E-state index contributed by atoms with van der Waals surface area (Å²) < 4.78 is 1.91. The molecule has 3 nitrogen and oxygen atoms in total. The lowest BCUT2D eigenvalue weighted by Crippen LogP contribution is -2.40. The zero-order valence-electron chi connectivity index (χ0n) is 12.8. The highest BCUT2D eigenvalue weighted by Crippen LogP contribution is 2.36. The lowest BCUT2D eigenvalue weighted by Gasteiger charge is -2.36. The van der Waals surface area contributed by atoms with Gasteiger partial charge in [-0.3, -0.25) is 9.36 Å². The number of nitrogens with zero attached hydrogens (tertiary/aromatic N) is 2. The third-order valence-corrected chi connectivity index (χ3v) is 4.74. The summed E-state index contributed by atoms with van der Waals surface area (Å²) in [5.74, 6) is 1.47. The molecule has 1 aliphatic heterocycles. The number of hydrogen-bond acceptors (Lipinski definition) is 2. The molecule has 112 valence electrons. The van der Waals surface area contributed by atoms with Gasteiger partial charge in [-0.1, -0.05) is 26.7 Å². The molecule has 1 unspecified atom stereocenters. The van der Waals surface area contributed by atoms with Crippen molar-refractivity contribution in [3.05, 3.63) is 27.4 Å². The summed E-state index contributed by atoms with van der Waals surface area (Å²) >= 11 is 5.81. The average Bonchev–Trinajstić information content (AvgIpc) is 2.43. The largest absolute Gasteiger partial charge is 0.296 e. The van der Waals surface area contributed by atoms with E-state index < -0.39 is 0 Å². The molecule has 1 aliphatic rings. The number of unbranched alkanes of at least 4 members (excludes halogenated alkanes) is 1. The molecule has 0 spiro atoms. The molecule has 0 bridgehead atoms. The van der Waals surface area contributed by atoms with E-state index in [4.69, 9.17) is 16.6 Å². The van der Waals surface area contributed by atoms with E-state index in [0.717, 1.165) is 42.9 Å². The molecule has 2 rings (SSSR count). The van der Waals surface area contributed by atoms with Crippen molar-refractivity contribution in [1.29, 1.82) is 0 Å². The van der Waals surface area contributed by atoms with Gasteiger partial charge in [-0.05, 0) is 32.6 Å². The Kier molecular flexibility index (Phi) is 4.90. The molecular weight excluding hydrogens is 272 g/mol. The fraction of sp³-hybridized carbons (Fsp3) is 0.750. The molecule has 0 amide bonds. The van der Waals surface area contributed by atoms with Crippen molar-refractivity contribution in [2.75, 3.05) is 5.88 Å². The summed E-state index contributed by atoms with van der Waals surface area (Å²) in [5.41, 5.74) is 1.85. The number of alkyl halides is 1. The zero-order valence-corrected chi connectivity index (χ0v) is 13.6. The maximum Gasteiger partial charge on any atom is 0.256 e. The van der Waals surface area contributed by atoms with Gasteiger partial charge in [0.15, 0.2) is 0 Å². The molecule has 20 heavy (non-hydrogen) atoms. The maximum absolute atomic E-state index is 12.7. The van der Waals surface area contributed by atoms with Crippen molar-refractivity contribution >= 4 is 11.6 Å². The zero-order chi connectivity index (χ0) is 14.8. The Hall–Kier alpha value is -0.830. The first-order valence-electron chi connectivity index (χ1n) is 7.70. The van der Waals surface area contributed by atoms with Gasteiger partial charge in [-0.2, -0.15) is 0 Å². The second-order valence-corrected chi connectivity index (χ2v) is 6.54. The van der Waals surface area contributed by atoms with Crippen LogP contribution in [0, 0.1) is 6.92 Å². The Morgan fingerprint density at radius 1 is 1.45 bits per heavy atom. The van der Waals surface area contributed by atoms with Gasteiger partial charge >= 0.3 is 0 Å². The summed E-state index contributed by atoms with van der Waals surface area (Å²) in [6, 6.07) is 0. The number of hydrogen-bond donors (Lipinski definition) is 0. The predicted octanol–water partition coefficient (Wildman–Crippen LogP) is 3.57. The van der Waals surface area contributed by atoms with Crippen molar-refractivity contribution in [3.8, 4) is 0 Å². The van der Waals surface area contributed by atoms with Crippen LogP contribution in [-0.2, 0) is 18.4 Å². The normalized spacial score (nSPS) is 21.8. The standard InChI is InChI=1S/C16H25ClN2O/c1-4-5-8-16(3)9-6-11-19-14(20)13(7-10-17)12(2)18-15(16)19/h4-11H2,1-3H3. The van der Waals surface area contributed by atoms with E-state index in [2.05, 4.69) is 13.8 Å². The summed E-state index contributed by atoms with van der Waals surface area (Å²) in [6.07, 6.45) is 6.30. The number of rotatable bonds is 5. The van der Waals surface area contributed by atoms with Crippen LogP contribution in [0.15, 0.2) is 4.79 Å². The number of aromatic nitrogens is 2. The smallest absolute Gasteiger partial charge is 0.256 e. The Labute approximate surface area is 126 Å². The lowest BCUT2D eigenvalue weighted by molar-refractivity contribution is 0.287. The molecule has 0 aromatic carbocycles. The molecular formula is C16H25ClN2O. The van der Waals surface area contributed by atoms with Gasteiger partial charge in [0, 0.05) is 29.1 Å². The van der Waals surface area contributed by atoms with Crippen LogP contribution in [0.25, 0.3) is 0 Å². The summed E-state index contributed by atoms with van der Waals surface area (Å²) in [4.78, 5) is 17.5. The van der Waals surface area contributed by atoms with E-state index in [1.165, 1.54) is 12.8 Å². The topological polar surface area (TPSA) is 34.9 Å². The highest BCUT2D eigenvalue weighted by atomic mass is 35.5. The van der Waals surface area contributed by atoms with Gasteiger partial charge in [-0.15, -0.1) is 11.6 Å². The van der Waals surface area contributed by atoms with E-state index in [-0.39, 0.29) is 11.0 Å². The van der Waals surface area contributed by atoms with Crippen LogP contribution >= 0.6 is 11.6 Å². The highest BCUT2D eigenvalue weighted by molar-refractivity contribution is 6.17. The van der Waals surface area contributed by atoms with Crippen molar-refractivity contribution in [2.45, 2.75) is 71.3 Å². The van der Waals surface area contributed by atoms with Crippen molar-refractivity contribution in [1.82, 2.24) is 9.55 Å². The summed E-state index contributed by atoms with van der Waals surface area (Å²) in [7, 11) is 0. The molecule has 0 saturated heterocycles. The number of halogens is 1. The van der Waals surface area contributed by atoms with Crippen LogP contribution in [0.4, 0.5) is 0 Å². The van der Waals surface area contributed by atoms with Gasteiger partial charge in [0.25, 0.3) is 5.56 Å². The van der Waals surface area contributed by atoms with Crippen LogP contribution < -0.4 is 5.56 Å². The first-order valence-corrected chi connectivity index (χ1v) is 8.23. The van der Waals surface area contributed by atoms with Gasteiger partial charge in [-0.25, -0.2) is 4.98 Å². The third-order valence-electron chi connectivity index (χ3n) is 4.55. The average molecular weight is 297 g/mol. The molecule has 0 N–H and O–H groups in total. The molecule has 0 saturated carbocycles. The second-order valence-electron chi connectivity index (χ2n) is 6.16. The minimum absolute atomic E-state index is 0.0532. The first-order chi connectivity index (χ1) is 9.53. The molecule has 1 aromatic heterocycles. The number of fused-ring (bicyclic) bond motifs is 1. The molecule has 1 atom stereocenters. The first kappa shape index (κ1) is 15.6. The van der Waals surface area contributed by atoms with Gasteiger partial charge in [0.1, 0.15) is 5.82 Å². The Balaban J connectivity index is 2.50. The fourth-order valence-electron chi connectivity index (χ4n) is 3.29. The second kappa shape index (κ2) is 6.30. The Morgan fingerprint density at radius 3 is 2.85 bits per heavy atom. The van der Waals surface area contributed by atoms with Crippen molar-refractivity contribution in [2.24, 2.45) is 0 Å². The van der Waals surface area contributed by atoms with Gasteiger partial charge < -0.3 is 0 Å². The molecule has 0 radical (unpaired) electrons. The lowest BCUT2D eigenvalue weighted by atomic mass is 9.77. The fourth-order valence-corrected chi connectivity index (χ4v) is 3.48. The summed E-state index contributed by atoms with van der Waals surface area (Å²) in [5, 5.41) is 0. The highest BCUT2D eigenvalue weighted by Gasteiger charge is 2.34. The van der Waals surface area contributed by atoms with E-state index in [0.29, 0.717) is 12.3 Å². The van der Waals surface area contributed by atoms with Crippen molar-refractivity contribution < 1.29 is 0 Å². The van der Waals surface area contributed by atoms with Crippen LogP contribution in [0.1, 0.15) is 63.0 Å². The molecule has 0 fully saturated rings. The van der Waals surface area contributed by atoms with Crippen LogP contribution in [0.5, 0.6) is 0 Å². The number of aryl methyl sites for hydroxylation is 1. The van der Waals surface area contributed by atoms with Gasteiger partial charge in [0.2, 0.25) is 0 Å². The van der Waals surface area contributed by atoms with E-state index in [9.17, 15) is 4.79 Å². The SMILES string of the molecule is CCCCC1(C)CCCn2c1nc(C)c(CCCl)c2=O. The Bertz CT molecular complexity index is 538. The van der Waals surface area contributed by atoms with Crippen LogP contribution in [-0.4, -0.2) is 15.4 Å².